The first-order valence-electron chi connectivity index (χ1n) is 8.96. The van der Waals surface area contributed by atoms with Crippen molar-refractivity contribution in [3.63, 3.8) is 0 Å². The van der Waals surface area contributed by atoms with Crippen molar-refractivity contribution in [2.45, 2.75) is 25.5 Å². The topological polar surface area (TPSA) is 62.7 Å². The van der Waals surface area contributed by atoms with E-state index in [2.05, 4.69) is 4.98 Å². The van der Waals surface area contributed by atoms with Gasteiger partial charge in [0.1, 0.15) is 11.8 Å². The highest BCUT2D eigenvalue weighted by Gasteiger charge is 2.48. The number of halogens is 1. The number of likely N-dealkylation sites (tertiary alicyclic amines) is 1. The Morgan fingerprint density at radius 3 is 2.85 bits per heavy atom. The fourth-order valence-corrected chi connectivity index (χ4v) is 3.91. The van der Waals surface area contributed by atoms with Crippen LogP contribution in [0.1, 0.15) is 21.7 Å². The second kappa shape index (κ2) is 7.19. The summed E-state index contributed by atoms with van der Waals surface area (Å²) in [5.41, 5.74) is 2.29. The standard InChI is InChI=1S/C20H20ClN3O3/c1-13-4-2-7-16(22-13)19(25)23-11-17-18(12-23)27-20(26)24(17)9-8-14-5-3-6-15(21)10-14/h2-7,10,17-18H,8-9,11-12H2,1H3/t17-,18+/m0/s1. The molecule has 0 aliphatic carbocycles. The van der Waals surface area contributed by atoms with Crippen molar-refractivity contribution in [3.05, 3.63) is 64.4 Å². The van der Waals surface area contributed by atoms with Gasteiger partial charge in [0.25, 0.3) is 5.91 Å². The smallest absolute Gasteiger partial charge is 0.410 e. The summed E-state index contributed by atoms with van der Waals surface area (Å²) in [7, 11) is 0. The third kappa shape index (κ3) is 3.62. The fraction of sp³-hybridized carbons (Fsp3) is 0.350. The van der Waals surface area contributed by atoms with Gasteiger partial charge in [0.15, 0.2) is 0 Å². The molecular formula is C20H20ClN3O3. The second-order valence-corrected chi connectivity index (χ2v) is 7.37. The molecule has 0 spiro atoms. The van der Waals surface area contributed by atoms with Crippen molar-refractivity contribution in [1.29, 1.82) is 0 Å². The van der Waals surface area contributed by atoms with Crippen molar-refractivity contribution in [3.8, 4) is 0 Å². The first-order valence-corrected chi connectivity index (χ1v) is 9.34. The number of hydrogen-bond acceptors (Lipinski definition) is 4. The molecule has 2 aliphatic rings. The van der Waals surface area contributed by atoms with Gasteiger partial charge in [-0.1, -0.05) is 29.8 Å². The highest BCUT2D eigenvalue weighted by molar-refractivity contribution is 6.30. The normalized spacial score (nSPS) is 21.3. The van der Waals surface area contributed by atoms with Crippen molar-refractivity contribution in [2.75, 3.05) is 19.6 Å². The van der Waals surface area contributed by atoms with Gasteiger partial charge in [-0.25, -0.2) is 9.78 Å². The molecule has 140 valence electrons. The number of aromatic nitrogens is 1. The molecule has 2 fully saturated rings. The highest BCUT2D eigenvalue weighted by Crippen LogP contribution is 2.28. The van der Waals surface area contributed by atoms with E-state index in [1.807, 2.05) is 43.3 Å². The average molecular weight is 386 g/mol. The van der Waals surface area contributed by atoms with Crippen LogP contribution in [0, 0.1) is 6.92 Å². The molecule has 0 unspecified atom stereocenters. The number of hydrogen-bond donors (Lipinski definition) is 0. The van der Waals surface area contributed by atoms with Gasteiger partial charge in [0.05, 0.1) is 12.6 Å². The number of amides is 2. The molecule has 1 aromatic carbocycles. The second-order valence-electron chi connectivity index (χ2n) is 6.94. The van der Waals surface area contributed by atoms with Gasteiger partial charge in [-0.05, 0) is 43.2 Å². The monoisotopic (exact) mass is 385 g/mol. The molecule has 3 heterocycles. The van der Waals surface area contributed by atoms with Crippen LogP contribution in [0.4, 0.5) is 4.79 Å². The number of rotatable bonds is 4. The Balaban J connectivity index is 1.43. The number of carbonyl (C=O) groups excluding carboxylic acids is 2. The van der Waals surface area contributed by atoms with Gasteiger partial charge >= 0.3 is 6.09 Å². The summed E-state index contributed by atoms with van der Waals surface area (Å²) in [4.78, 5) is 32.7. The third-order valence-electron chi connectivity index (χ3n) is 5.05. The average Bonchev–Trinajstić information content (AvgIpc) is 3.16. The number of fused-ring (bicyclic) bond motifs is 1. The molecule has 2 amide bonds. The molecule has 7 heteroatoms. The summed E-state index contributed by atoms with van der Waals surface area (Å²) in [6.07, 6.45) is 0.0881. The van der Waals surface area contributed by atoms with E-state index in [1.54, 1.807) is 15.9 Å². The summed E-state index contributed by atoms with van der Waals surface area (Å²) in [5, 5.41) is 0.678. The lowest BCUT2D eigenvalue weighted by atomic mass is 10.1. The van der Waals surface area contributed by atoms with Gasteiger partial charge in [0.2, 0.25) is 0 Å². The highest BCUT2D eigenvalue weighted by atomic mass is 35.5. The lowest BCUT2D eigenvalue weighted by Gasteiger charge is -2.22. The zero-order chi connectivity index (χ0) is 19.0. The number of aryl methyl sites for hydroxylation is 1. The largest absolute Gasteiger partial charge is 0.442 e. The van der Waals surface area contributed by atoms with E-state index in [1.165, 1.54) is 0 Å². The van der Waals surface area contributed by atoms with Gasteiger partial charge in [-0.3, -0.25) is 9.69 Å². The molecule has 4 rings (SSSR count). The zero-order valence-corrected chi connectivity index (χ0v) is 15.7. The molecule has 1 aromatic heterocycles. The Bertz CT molecular complexity index is 888. The maximum atomic E-state index is 12.7. The summed E-state index contributed by atoms with van der Waals surface area (Å²) in [6, 6.07) is 12.9. The summed E-state index contributed by atoms with van der Waals surface area (Å²) < 4.78 is 5.50. The number of pyridine rings is 1. The predicted octanol–water partition coefficient (Wildman–Crippen LogP) is 2.93. The minimum absolute atomic E-state index is 0.120. The number of nitrogens with zero attached hydrogens (tertiary/aromatic N) is 3. The van der Waals surface area contributed by atoms with Crippen LogP contribution in [0.2, 0.25) is 5.02 Å². The van der Waals surface area contributed by atoms with Crippen LogP contribution < -0.4 is 0 Å². The first-order chi connectivity index (χ1) is 13.0. The van der Waals surface area contributed by atoms with Gasteiger partial charge in [0, 0.05) is 23.8 Å². The van der Waals surface area contributed by atoms with Gasteiger partial charge < -0.3 is 9.64 Å². The number of carbonyl (C=O) groups is 2. The van der Waals surface area contributed by atoms with Crippen molar-refractivity contribution in [2.24, 2.45) is 0 Å². The van der Waals surface area contributed by atoms with E-state index in [0.717, 1.165) is 11.3 Å². The van der Waals surface area contributed by atoms with E-state index < -0.39 is 0 Å². The number of benzene rings is 1. The molecule has 0 N–H and O–H groups in total. The van der Waals surface area contributed by atoms with E-state index in [9.17, 15) is 9.59 Å². The van der Waals surface area contributed by atoms with Gasteiger partial charge in [-0.15, -0.1) is 0 Å². The summed E-state index contributed by atoms with van der Waals surface area (Å²) >= 11 is 6.03. The van der Waals surface area contributed by atoms with Crippen LogP contribution in [0.3, 0.4) is 0 Å². The van der Waals surface area contributed by atoms with E-state index in [-0.39, 0.29) is 24.1 Å². The van der Waals surface area contributed by atoms with Gasteiger partial charge in [-0.2, -0.15) is 0 Å². The zero-order valence-electron chi connectivity index (χ0n) is 15.0. The molecule has 6 nitrogen and oxygen atoms in total. The fourth-order valence-electron chi connectivity index (χ4n) is 3.69. The van der Waals surface area contributed by atoms with Crippen molar-refractivity contribution < 1.29 is 14.3 Å². The summed E-state index contributed by atoms with van der Waals surface area (Å²) in [5.74, 6) is -0.126. The SMILES string of the molecule is Cc1cccc(C(=O)N2C[C@H]3OC(=O)N(CCc4cccc(Cl)c4)[C@H]3C2)n1. The van der Waals surface area contributed by atoms with E-state index in [0.29, 0.717) is 36.8 Å². The molecule has 2 aliphatic heterocycles. The predicted molar refractivity (Wildman–Crippen MR) is 101 cm³/mol. The quantitative estimate of drug-likeness (QED) is 0.811. The van der Waals surface area contributed by atoms with Crippen LogP contribution >= 0.6 is 11.6 Å². The Labute approximate surface area is 162 Å². The van der Waals surface area contributed by atoms with Crippen LogP contribution in [0.25, 0.3) is 0 Å². The van der Waals surface area contributed by atoms with Crippen LogP contribution in [0.5, 0.6) is 0 Å². The minimum atomic E-state index is -0.312. The Kier molecular flexibility index (Phi) is 4.74. The molecule has 0 radical (unpaired) electrons. The first kappa shape index (κ1) is 17.8. The molecule has 0 bridgehead atoms. The molecule has 2 saturated heterocycles. The lowest BCUT2D eigenvalue weighted by molar-refractivity contribution is 0.0722. The van der Waals surface area contributed by atoms with E-state index in [4.69, 9.17) is 16.3 Å². The Morgan fingerprint density at radius 1 is 1.26 bits per heavy atom. The third-order valence-corrected chi connectivity index (χ3v) is 5.28. The van der Waals surface area contributed by atoms with Crippen molar-refractivity contribution in [1.82, 2.24) is 14.8 Å². The van der Waals surface area contributed by atoms with E-state index >= 15 is 0 Å². The summed E-state index contributed by atoms with van der Waals surface area (Å²) in [6.45, 7) is 3.25. The lowest BCUT2D eigenvalue weighted by Crippen LogP contribution is -2.40. The van der Waals surface area contributed by atoms with Crippen molar-refractivity contribution >= 4 is 23.6 Å². The van der Waals surface area contributed by atoms with Crippen LogP contribution in [0.15, 0.2) is 42.5 Å². The molecule has 2 aromatic rings. The Morgan fingerprint density at radius 2 is 2.07 bits per heavy atom. The molecule has 27 heavy (non-hydrogen) atoms. The van der Waals surface area contributed by atoms with Crippen LogP contribution in [-0.4, -0.2) is 58.6 Å². The molecule has 0 saturated carbocycles. The maximum Gasteiger partial charge on any atom is 0.410 e. The Hall–Kier alpha value is -2.60. The number of ether oxygens (including phenoxy) is 1. The van der Waals surface area contributed by atoms with Crippen LogP contribution in [-0.2, 0) is 11.2 Å². The molecule has 2 atom stereocenters. The molecular weight excluding hydrogens is 366 g/mol. The minimum Gasteiger partial charge on any atom is -0.442 e. The maximum absolute atomic E-state index is 12.7.